The van der Waals surface area contributed by atoms with E-state index in [1.54, 1.807) is 0 Å². The van der Waals surface area contributed by atoms with Crippen molar-refractivity contribution < 1.29 is 14.3 Å². The summed E-state index contributed by atoms with van der Waals surface area (Å²) in [5.74, 6) is -0.420. The number of ether oxygens (including phenoxy) is 1. The molecule has 1 rings (SSSR count). The Balaban J connectivity index is 3.02. The van der Waals surface area contributed by atoms with Crippen molar-refractivity contribution in [2.45, 2.75) is 5.88 Å². The van der Waals surface area contributed by atoms with Crippen molar-refractivity contribution >= 4 is 17.6 Å². The second-order valence-corrected chi connectivity index (χ2v) is 2.63. The molecule has 0 fully saturated rings. The monoisotopic (exact) mass is 201 g/mol. The van der Waals surface area contributed by atoms with Gasteiger partial charge < -0.3 is 9.94 Å². The number of esters is 1. The van der Waals surface area contributed by atoms with Gasteiger partial charge in [-0.25, -0.2) is 4.79 Å². The molecule has 5 heteroatoms. The van der Waals surface area contributed by atoms with Crippen molar-refractivity contribution in [1.82, 2.24) is 0 Å². The third kappa shape index (κ3) is 2.09. The van der Waals surface area contributed by atoms with Gasteiger partial charge in [0.1, 0.15) is 11.4 Å². The zero-order valence-corrected chi connectivity index (χ0v) is 7.75. The molecule has 0 spiro atoms. The van der Waals surface area contributed by atoms with E-state index >= 15 is 0 Å². The van der Waals surface area contributed by atoms with Gasteiger partial charge in [0.15, 0.2) is 6.20 Å². The van der Waals surface area contributed by atoms with Crippen LogP contribution in [0.2, 0.25) is 0 Å². The number of rotatable bonds is 2. The van der Waals surface area contributed by atoms with Crippen LogP contribution in [0.3, 0.4) is 0 Å². The number of aromatic nitrogens is 1. The Kier molecular flexibility index (Phi) is 3.08. The molecule has 13 heavy (non-hydrogen) atoms. The molecule has 0 aliphatic rings. The van der Waals surface area contributed by atoms with Crippen LogP contribution < -0.4 is 4.73 Å². The van der Waals surface area contributed by atoms with Gasteiger partial charge in [-0.15, -0.1) is 11.6 Å². The number of hydrogen-bond acceptors (Lipinski definition) is 3. The van der Waals surface area contributed by atoms with E-state index in [1.165, 1.54) is 19.2 Å². The van der Waals surface area contributed by atoms with Crippen LogP contribution in [0.25, 0.3) is 0 Å². The fraction of sp³-hybridized carbons (Fsp3) is 0.250. The maximum Gasteiger partial charge on any atom is 0.344 e. The minimum Gasteiger partial charge on any atom is -0.618 e. The summed E-state index contributed by atoms with van der Waals surface area (Å²) in [7, 11) is 1.26. The van der Waals surface area contributed by atoms with Crippen LogP contribution in [0.4, 0.5) is 0 Å². The largest absolute Gasteiger partial charge is 0.618 e. The standard InChI is InChI=1S/C8H8ClNO3/c1-13-8(11)6-2-3-7(4-9)10(12)5-6/h2-3,5H,4H2,1H3. The van der Waals surface area contributed by atoms with Crippen molar-refractivity contribution in [2.75, 3.05) is 7.11 Å². The maximum absolute atomic E-state index is 11.1. The number of alkyl halides is 1. The molecule has 0 N–H and O–H groups in total. The molecule has 0 saturated heterocycles. The lowest BCUT2D eigenvalue weighted by atomic mass is 10.2. The van der Waals surface area contributed by atoms with Gasteiger partial charge in [-0.2, -0.15) is 4.73 Å². The first-order valence-electron chi connectivity index (χ1n) is 3.55. The Bertz CT molecular complexity index is 327. The smallest absolute Gasteiger partial charge is 0.344 e. The van der Waals surface area contributed by atoms with Gasteiger partial charge in [-0.3, -0.25) is 0 Å². The third-order valence-electron chi connectivity index (χ3n) is 1.55. The number of pyridine rings is 1. The molecule has 70 valence electrons. The highest BCUT2D eigenvalue weighted by atomic mass is 35.5. The lowest BCUT2D eigenvalue weighted by molar-refractivity contribution is -0.613. The number of methoxy groups -OCH3 is 1. The highest BCUT2D eigenvalue weighted by molar-refractivity contribution is 6.16. The maximum atomic E-state index is 11.1. The highest BCUT2D eigenvalue weighted by Gasteiger charge is 2.11. The van der Waals surface area contributed by atoms with Crippen LogP contribution in [0.1, 0.15) is 16.1 Å². The van der Waals surface area contributed by atoms with Crippen LogP contribution >= 0.6 is 11.6 Å². The molecule has 0 aliphatic heterocycles. The Morgan fingerprint density at radius 3 is 2.85 bits per heavy atom. The van der Waals surface area contributed by atoms with Crippen molar-refractivity contribution in [2.24, 2.45) is 0 Å². The van der Waals surface area contributed by atoms with E-state index in [-0.39, 0.29) is 11.4 Å². The predicted molar refractivity (Wildman–Crippen MR) is 46.3 cm³/mol. The van der Waals surface area contributed by atoms with Crippen LogP contribution in [-0.2, 0) is 10.6 Å². The van der Waals surface area contributed by atoms with Gasteiger partial charge in [0.05, 0.1) is 7.11 Å². The van der Waals surface area contributed by atoms with Crippen LogP contribution in [0.15, 0.2) is 18.3 Å². The zero-order chi connectivity index (χ0) is 9.84. The van der Waals surface area contributed by atoms with Crippen molar-refractivity contribution in [1.29, 1.82) is 0 Å². The van der Waals surface area contributed by atoms with E-state index in [9.17, 15) is 10.0 Å². The predicted octanol–water partition coefficient (Wildman–Crippen LogP) is 0.845. The summed E-state index contributed by atoms with van der Waals surface area (Å²) in [4.78, 5) is 11.0. The van der Waals surface area contributed by atoms with Gasteiger partial charge in [0, 0.05) is 6.07 Å². The molecule has 0 unspecified atom stereocenters. The van der Waals surface area contributed by atoms with E-state index in [2.05, 4.69) is 4.74 Å². The molecular formula is C8H8ClNO3. The lowest BCUT2D eigenvalue weighted by Gasteiger charge is -2.02. The second-order valence-electron chi connectivity index (χ2n) is 2.36. The molecule has 0 bridgehead atoms. The van der Waals surface area contributed by atoms with E-state index in [0.29, 0.717) is 10.4 Å². The number of hydrogen-bond donors (Lipinski definition) is 0. The molecular weight excluding hydrogens is 194 g/mol. The molecule has 0 radical (unpaired) electrons. The van der Waals surface area contributed by atoms with E-state index in [0.717, 1.165) is 6.20 Å². The summed E-state index contributed by atoms with van der Waals surface area (Å²) in [6.45, 7) is 0. The second kappa shape index (κ2) is 4.09. The molecule has 0 aromatic carbocycles. The summed E-state index contributed by atoms with van der Waals surface area (Å²) < 4.78 is 5.00. The van der Waals surface area contributed by atoms with Gasteiger partial charge in [0.2, 0.25) is 5.69 Å². The third-order valence-corrected chi connectivity index (χ3v) is 1.83. The molecule has 0 amide bonds. The topological polar surface area (TPSA) is 53.2 Å². The molecule has 0 saturated carbocycles. The first kappa shape index (κ1) is 9.80. The fourth-order valence-corrected chi connectivity index (χ4v) is 1.06. The molecule has 1 aromatic rings. The molecule has 4 nitrogen and oxygen atoms in total. The Labute approximate surface area is 80.3 Å². The normalized spacial score (nSPS) is 9.69. The Morgan fingerprint density at radius 1 is 1.69 bits per heavy atom. The lowest BCUT2D eigenvalue weighted by Crippen LogP contribution is -2.32. The Morgan fingerprint density at radius 2 is 2.38 bits per heavy atom. The average molecular weight is 202 g/mol. The van der Waals surface area contributed by atoms with Crippen molar-refractivity contribution in [3.05, 3.63) is 34.8 Å². The summed E-state index contributed by atoms with van der Waals surface area (Å²) in [6.07, 6.45) is 1.14. The van der Waals surface area contributed by atoms with Crippen LogP contribution in [-0.4, -0.2) is 13.1 Å². The number of carbonyl (C=O) groups excluding carboxylic acids is 1. The average Bonchev–Trinajstić information content (AvgIpc) is 2.16. The molecule has 0 aliphatic carbocycles. The highest BCUT2D eigenvalue weighted by Crippen LogP contribution is 2.02. The molecule has 0 atom stereocenters. The summed E-state index contributed by atoms with van der Waals surface area (Å²) >= 11 is 5.46. The zero-order valence-electron chi connectivity index (χ0n) is 6.99. The van der Waals surface area contributed by atoms with Crippen LogP contribution in [0.5, 0.6) is 0 Å². The summed E-state index contributed by atoms with van der Waals surface area (Å²) in [6, 6.07) is 2.99. The van der Waals surface area contributed by atoms with E-state index < -0.39 is 5.97 Å². The van der Waals surface area contributed by atoms with Gasteiger partial charge >= 0.3 is 5.97 Å². The Hall–Kier alpha value is -1.29. The minimum atomic E-state index is -0.536. The fourth-order valence-electron chi connectivity index (χ4n) is 0.854. The van der Waals surface area contributed by atoms with Gasteiger partial charge in [-0.1, -0.05) is 0 Å². The van der Waals surface area contributed by atoms with Gasteiger partial charge in [0.25, 0.3) is 0 Å². The molecule has 1 aromatic heterocycles. The van der Waals surface area contributed by atoms with E-state index in [4.69, 9.17) is 11.6 Å². The van der Waals surface area contributed by atoms with Crippen LogP contribution in [0, 0.1) is 5.21 Å². The minimum absolute atomic E-state index is 0.116. The summed E-state index contributed by atoms with van der Waals surface area (Å²) in [5.41, 5.74) is 0.612. The van der Waals surface area contributed by atoms with Crippen molar-refractivity contribution in [3.63, 3.8) is 0 Å². The first-order valence-corrected chi connectivity index (χ1v) is 4.09. The van der Waals surface area contributed by atoms with Crippen molar-refractivity contribution in [3.8, 4) is 0 Å². The quantitative estimate of drug-likeness (QED) is 0.309. The number of carbonyl (C=O) groups is 1. The first-order chi connectivity index (χ1) is 6.19. The van der Waals surface area contributed by atoms with E-state index in [1.807, 2.05) is 0 Å². The summed E-state index contributed by atoms with van der Waals surface area (Å²) in [5, 5.41) is 11.1. The number of nitrogens with zero attached hydrogens (tertiary/aromatic N) is 1. The van der Waals surface area contributed by atoms with Gasteiger partial charge in [-0.05, 0) is 6.07 Å². The SMILES string of the molecule is COC(=O)c1ccc(CCl)[n+]([O-])c1. The molecule has 1 heterocycles. The number of halogens is 1.